The Hall–Kier alpha value is -1.09. The van der Waals surface area contributed by atoms with Gasteiger partial charge in [-0.2, -0.15) is 0 Å². The van der Waals surface area contributed by atoms with Crippen molar-refractivity contribution in [2.75, 3.05) is 12.3 Å². The Morgan fingerprint density at radius 2 is 2.05 bits per heavy atom. The molecule has 9 heteroatoms. The number of hydrogen-bond donors (Lipinski definition) is 1. The van der Waals surface area contributed by atoms with Crippen molar-refractivity contribution in [2.45, 2.75) is 11.3 Å². The molecule has 110 valence electrons. The maximum Gasteiger partial charge on any atom is 0.259 e. The number of thioether (sulfide) groups is 1. The molecule has 0 aliphatic carbocycles. The van der Waals surface area contributed by atoms with Gasteiger partial charge in [0.25, 0.3) is 6.20 Å². The fraction of sp³-hybridized carbons (Fsp3) is 0.273. The molecule has 0 aromatic heterocycles. The van der Waals surface area contributed by atoms with Crippen LogP contribution in [0.4, 0.5) is 0 Å². The van der Waals surface area contributed by atoms with Crippen molar-refractivity contribution in [2.24, 2.45) is 0 Å². The van der Waals surface area contributed by atoms with Gasteiger partial charge in [0.2, 0.25) is 10.0 Å². The highest BCUT2D eigenvalue weighted by molar-refractivity contribution is 8.04. The molecule has 0 saturated heterocycles. The van der Waals surface area contributed by atoms with E-state index < -0.39 is 14.9 Å². The molecule has 0 bridgehead atoms. The second kappa shape index (κ2) is 8.25. The van der Waals surface area contributed by atoms with Crippen LogP contribution in [-0.4, -0.2) is 25.6 Å². The molecule has 20 heavy (non-hydrogen) atoms. The van der Waals surface area contributed by atoms with E-state index in [1.807, 2.05) is 0 Å². The van der Waals surface area contributed by atoms with Crippen LogP contribution in [0, 0.1) is 10.1 Å². The van der Waals surface area contributed by atoms with Crippen molar-refractivity contribution in [1.82, 2.24) is 4.72 Å². The van der Waals surface area contributed by atoms with E-state index >= 15 is 0 Å². The summed E-state index contributed by atoms with van der Waals surface area (Å²) in [6.45, 7) is 0.243. The molecule has 0 unspecified atom stereocenters. The van der Waals surface area contributed by atoms with Gasteiger partial charge in [-0.05, 0) is 18.6 Å². The largest absolute Gasteiger partial charge is 0.259 e. The normalized spacial score (nSPS) is 12.3. The topological polar surface area (TPSA) is 89.3 Å². The van der Waals surface area contributed by atoms with E-state index in [1.165, 1.54) is 12.1 Å². The van der Waals surface area contributed by atoms with E-state index in [0.29, 0.717) is 18.4 Å². The van der Waals surface area contributed by atoms with Crippen molar-refractivity contribution in [3.63, 3.8) is 0 Å². The maximum atomic E-state index is 11.8. The number of sulfonamides is 1. The summed E-state index contributed by atoms with van der Waals surface area (Å²) in [7, 11) is -3.50. The van der Waals surface area contributed by atoms with Gasteiger partial charge < -0.3 is 0 Å². The first-order chi connectivity index (χ1) is 9.42. The number of nitro groups is 1. The Balaban J connectivity index is 2.33. The van der Waals surface area contributed by atoms with Crippen LogP contribution in [0.2, 0.25) is 0 Å². The molecule has 0 saturated carbocycles. The summed E-state index contributed by atoms with van der Waals surface area (Å²) in [4.78, 5) is 9.70. The van der Waals surface area contributed by atoms with E-state index in [1.54, 1.807) is 18.2 Å². The molecule has 6 nitrogen and oxygen atoms in total. The zero-order chi connectivity index (χ0) is 15.0. The molecule has 0 fully saturated rings. The number of halogens is 1. The monoisotopic (exact) mass is 336 g/mol. The van der Waals surface area contributed by atoms with Crippen molar-refractivity contribution in [3.05, 3.63) is 51.0 Å². The lowest BCUT2D eigenvalue weighted by Gasteiger charge is -2.05. The Labute approximate surface area is 126 Å². The summed E-state index contributed by atoms with van der Waals surface area (Å²) in [6.07, 6.45) is 1.22. The molecule has 0 aliphatic rings. The first-order valence-electron chi connectivity index (χ1n) is 5.60. The fourth-order valence-electron chi connectivity index (χ4n) is 1.25. The van der Waals surface area contributed by atoms with Gasteiger partial charge in [0, 0.05) is 12.3 Å². The first-order valence-corrected chi connectivity index (χ1v) is 8.45. The van der Waals surface area contributed by atoms with Crippen molar-refractivity contribution >= 4 is 33.4 Å². The maximum absolute atomic E-state index is 11.8. The molecule has 1 aromatic rings. The zero-order valence-corrected chi connectivity index (χ0v) is 12.7. The van der Waals surface area contributed by atoms with Gasteiger partial charge in [-0.15, -0.1) is 11.8 Å². The smallest absolute Gasteiger partial charge is 0.259 e. The van der Waals surface area contributed by atoms with Gasteiger partial charge in [-0.1, -0.05) is 29.8 Å². The Morgan fingerprint density at radius 1 is 1.40 bits per heavy atom. The minimum absolute atomic E-state index is 0.0703. The summed E-state index contributed by atoms with van der Waals surface area (Å²) in [5.41, 5.74) is 0. The third-order valence-corrected chi connectivity index (χ3v) is 4.89. The van der Waals surface area contributed by atoms with Crippen molar-refractivity contribution in [3.8, 4) is 0 Å². The molecule has 0 amide bonds. The second-order valence-corrected chi connectivity index (χ2v) is 7.17. The second-order valence-electron chi connectivity index (χ2n) is 3.63. The summed E-state index contributed by atoms with van der Waals surface area (Å²) in [5, 5.41) is 10.1. The highest BCUT2D eigenvalue weighted by Gasteiger charge is 2.11. The average Bonchev–Trinajstić information content (AvgIpc) is 2.38. The van der Waals surface area contributed by atoms with E-state index in [9.17, 15) is 18.5 Å². The lowest BCUT2D eigenvalue weighted by Crippen LogP contribution is -2.25. The van der Waals surface area contributed by atoms with E-state index in [2.05, 4.69) is 4.72 Å². The quantitative estimate of drug-likeness (QED) is 0.447. The molecule has 0 atom stereocenters. The number of nitrogens with one attached hydrogen (secondary N) is 1. The summed E-state index contributed by atoms with van der Waals surface area (Å²) in [5.74, 6) is 0.487. The van der Waals surface area contributed by atoms with Gasteiger partial charge >= 0.3 is 0 Å². The van der Waals surface area contributed by atoms with E-state index in [4.69, 9.17) is 11.6 Å². The van der Waals surface area contributed by atoms with Gasteiger partial charge in [0.15, 0.2) is 0 Å². The predicted octanol–water partition coefficient (Wildman–Crippen LogP) is 2.40. The first kappa shape index (κ1) is 17.0. The third kappa shape index (κ3) is 6.38. The van der Waals surface area contributed by atoms with E-state index in [-0.39, 0.29) is 15.8 Å². The molecule has 1 rings (SSSR count). The number of hydrogen-bond acceptors (Lipinski definition) is 5. The average molecular weight is 337 g/mol. The fourth-order valence-corrected chi connectivity index (χ4v) is 3.30. The predicted molar refractivity (Wildman–Crippen MR) is 79.6 cm³/mol. The van der Waals surface area contributed by atoms with Crippen LogP contribution in [0.1, 0.15) is 6.42 Å². The number of nitrogens with zero attached hydrogens (tertiary/aromatic N) is 1. The zero-order valence-electron chi connectivity index (χ0n) is 10.4. The highest BCUT2D eigenvalue weighted by atomic mass is 35.5. The van der Waals surface area contributed by atoms with Gasteiger partial charge in [0.1, 0.15) is 4.36 Å². The van der Waals surface area contributed by atoms with Crippen LogP contribution < -0.4 is 4.72 Å². The molecule has 1 aromatic carbocycles. The Bertz CT molecular complexity index is 575. The van der Waals surface area contributed by atoms with Crippen molar-refractivity contribution in [1.29, 1.82) is 0 Å². The molecular weight excluding hydrogens is 324 g/mol. The van der Waals surface area contributed by atoms with Crippen molar-refractivity contribution < 1.29 is 13.3 Å². The lowest BCUT2D eigenvalue weighted by molar-refractivity contribution is -0.402. The van der Waals surface area contributed by atoms with Gasteiger partial charge in [-0.25, -0.2) is 13.1 Å². The number of rotatable bonds is 8. The Morgan fingerprint density at radius 3 is 2.65 bits per heavy atom. The van der Waals surface area contributed by atoms with Crippen LogP contribution in [0.3, 0.4) is 0 Å². The molecule has 1 N–H and O–H groups in total. The minimum atomic E-state index is -3.50. The van der Waals surface area contributed by atoms with Crippen LogP contribution in [0.25, 0.3) is 0 Å². The van der Waals surface area contributed by atoms with Crippen LogP contribution in [0.5, 0.6) is 0 Å². The van der Waals surface area contributed by atoms with Crippen LogP contribution in [-0.2, 0) is 10.0 Å². The lowest BCUT2D eigenvalue weighted by atomic mass is 10.4. The third-order valence-electron chi connectivity index (χ3n) is 2.11. The standard InChI is InChI=1S/C11H13ClN2O4S2/c12-11(9-14(15)16)19-8-4-7-13-20(17,18)10-5-2-1-3-6-10/h1-3,5-6,9,13H,4,7-8H2/b11-9+. The summed E-state index contributed by atoms with van der Waals surface area (Å²) in [6, 6.07) is 8.04. The van der Waals surface area contributed by atoms with Gasteiger partial charge in [0.05, 0.1) is 9.82 Å². The highest BCUT2D eigenvalue weighted by Crippen LogP contribution is 2.20. The van der Waals surface area contributed by atoms with Crippen LogP contribution in [0.15, 0.2) is 45.8 Å². The SMILES string of the molecule is O=[N+]([O-])/C=C(\Cl)SCCCNS(=O)(=O)c1ccccc1. The summed E-state index contributed by atoms with van der Waals surface area (Å²) < 4.78 is 26.2. The molecule has 0 spiro atoms. The molecule has 0 aliphatic heterocycles. The molecule has 0 heterocycles. The minimum Gasteiger partial charge on any atom is -0.259 e. The Kier molecular flexibility index (Phi) is 7.00. The van der Waals surface area contributed by atoms with Crippen LogP contribution >= 0.6 is 23.4 Å². The molecule has 0 radical (unpaired) electrons. The number of benzene rings is 1. The molecular formula is C11H13ClN2O4S2. The summed E-state index contributed by atoms with van der Waals surface area (Å²) >= 11 is 6.69. The van der Waals surface area contributed by atoms with Gasteiger partial charge in [-0.3, -0.25) is 10.1 Å². The van der Waals surface area contributed by atoms with E-state index in [0.717, 1.165) is 11.8 Å².